The van der Waals surface area contributed by atoms with E-state index in [0.29, 0.717) is 32.5 Å². The molecule has 3 aromatic rings. The van der Waals surface area contributed by atoms with Gasteiger partial charge in [0.1, 0.15) is 12.1 Å². The number of nitrogens with one attached hydrogen (secondary N) is 3. The van der Waals surface area contributed by atoms with E-state index in [1.165, 1.54) is 0 Å². The third-order valence-corrected chi connectivity index (χ3v) is 10.1. The summed E-state index contributed by atoms with van der Waals surface area (Å²) in [4.78, 5) is 61.3. The third-order valence-electron chi connectivity index (χ3n) is 10.1. The number of aryl methyl sites for hydroxylation is 1. The Bertz CT molecular complexity index is 1670. The average Bonchev–Trinajstić information content (AvgIpc) is 3.46. The van der Waals surface area contributed by atoms with Gasteiger partial charge in [0.15, 0.2) is 0 Å². The molecular formula is C41H56N6O6. The SMILES string of the molecule is CCC(C)[C@@H](C(=O)N[C@@H](Cc1ccccc1)C[C@@H](O)[C@H](Cc1ccccc1)NC(=O)[C@@H](NC(=O)O)C(C)(C)C)N1CCN(Cc2cccnc2C)C1=O. The number of aliphatic hydroxyl groups excluding tert-OH is 1. The fourth-order valence-electron chi connectivity index (χ4n) is 6.88. The minimum Gasteiger partial charge on any atom is -0.465 e. The Morgan fingerprint density at radius 3 is 2.06 bits per heavy atom. The maximum absolute atomic E-state index is 14.4. The number of hydrogen-bond donors (Lipinski definition) is 5. The van der Waals surface area contributed by atoms with Gasteiger partial charge in [-0.05, 0) is 60.3 Å². The molecular weight excluding hydrogens is 672 g/mol. The lowest BCUT2D eigenvalue weighted by atomic mass is 9.85. The molecule has 1 aromatic heterocycles. The van der Waals surface area contributed by atoms with E-state index in [1.54, 1.807) is 36.8 Å². The first kappa shape index (κ1) is 40.8. The molecule has 12 nitrogen and oxygen atoms in total. The van der Waals surface area contributed by atoms with Crippen LogP contribution in [0.15, 0.2) is 79.0 Å². The lowest BCUT2D eigenvalue weighted by molar-refractivity contribution is -0.129. The van der Waals surface area contributed by atoms with Crippen LogP contribution in [-0.2, 0) is 29.0 Å². The van der Waals surface area contributed by atoms with Gasteiger partial charge in [0, 0.05) is 37.6 Å². The van der Waals surface area contributed by atoms with Crippen LogP contribution in [0.2, 0.25) is 0 Å². The number of rotatable bonds is 17. The van der Waals surface area contributed by atoms with Crippen molar-refractivity contribution in [3.8, 4) is 0 Å². The predicted octanol–water partition coefficient (Wildman–Crippen LogP) is 4.93. The Hall–Kier alpha value is -4.97. The first-order valence-electron chi connectivity index (χ1n) is 18.5. The van der Waals surface area contributed by atoms with E-state index in [-0.39, 0.29) is 30.7 Å². The molecule has 1 saturated heterocycles. The van der Waals surface area contributed by atoms with E-state index in [2.05, 4.69) is 20.9 Å². The Kier molecular flexibility index (Phi) is 14.4. The van der Waals surface area contributed by atoms with E-state index in [9.17, 15) is 29.4 Å². The average molecular weight is 729 g/mol. The molecule has 0 saturated carbocycles. The molecule has 0 spiro atoms. The van der Waals surface area contributed by atoms with Crippen molar-refractivity contribution >= 4 is 23.9 Å². The summed E-state index contributed by atoms with van der Waals surface area (Å²) in [5, 5.41) is 29.9. The van der Waals surface area contributed by atoms with E-state index < -0.39 is 47.7 Å². The third kappa shape index (κ3) is 11.5. The standard InChI is InChI=1S/C41H56N6O6/c1-7-27(2)35(47-22-21-46(40(47)53)26-31-19-14-20-42-28(31)3)37(49)43-32(23-29-15-10-8-11-16-29)25-34(48)33(24-30-17-12-9-13-18-30)44-38(50)36(41(4,5)6)45-39(51)52/h8-20,27,32-36,45,48H,7,21-26H2,1-6H3,(H,43,49)(H,44,50)(H,51,52)/t27?,32-,33-,34+,35-,36+/m0/s1. The minimum absolute atomic E-state index is 0.0819. The summed E-state index contributed by atoms with van der Waals surface area (Å²) in [6.07, 6.45) is 0.682. The first-order chi connectivity index (χ1) is 25.2. The second-order valence-electron chi connectivity index (χ2n) is 15.2. The van der Waals surface area contributed by atoms with Crippen molar-refractivity contribution in [3.05, 3.63) is 101 Å². The summed E-state index contributed by atoms with van der Waals surface area (Å²) in [6.45, 7) is 12.4. The predicted molar refractivity (Wildman–Crippen MR) is 204 cm³/mol. The zero-order valence-electron chi connectivity index (χ0n) is 31.8. The van der Waals surface area contributed by atoms with Crippen molar-refractivity contribution in [2.45, 2.75) is 104 Å². The second-order valence-corrected chi connectivity index (χ2v) is 15.2. The molecule has 1 unspecified atom stereocenters. The topological polar surface area (TPSA) is 164 Å². The summed E-state index contributed by atoms with van der Waals surface area (Å²) < 4.78 is 0. The number of urea groups is 1. The van der Waals surface area contributed by atoms with Crippen molar-refractivity contribution in [1.82, 2.24) is 30.7 Å². The number of carbonyl (C=O) groups is 4. The van der Waals surface area contributed by atoms with Gasteiger partial charge in [-0.25, -0.2) is 9.59 Å². The van der Waals surface area contributed by atoms with Crippen LogP contribution in [0, 0.1) is 18.3 Å². The van der Waals surface area contributed by atoms with Gasteiger partial charge in [0.25, 0.3) is 0 Å². The van der Waals surface area contributed by atoms with Crippen molar-refractivity contribution in [1.29, 1.82) is 0 Å². The molecule has 5 N–H and O–H groups in total. The molecule has 2 heterocycles. The molecule has 0 aliphatic carbocycles. The number of carbonyl (C=O) groups excluding carboxylic acids is 3. The largest absolute Gasteiger partial charge is 0.465 e. The van der Waals surface area contributed by atoms with Gasteiger partial charge in [-0.3, -0.25) is 14.6 Å². The molecule has 1 fully saturated rings. The van der Waals surface area contributed by atoms with Crippen LogP contribution in [0.4, 0.5) is 9.59 Å². The normalized spacial score (nSPS) is 16.6. The number of hydrogen-bond acceptors (Lipinski definition) is 6. The number of pyridine rings is 1. The molecule has 4 rings (SSSR count). The summed E-state index contributed by atoms with van der Waals surface area (Å²) in [5.74, 6) is -1.01. The zero-order valence-corrected chi connectivity index (χ0v) is 31.8. The molecule has 12 heteroatoms. The Labute approximate surface area is 313 Å². The highest BCUT2D eigenvalue weighted by atomic mass is 16.4. The summed E-state index contributed by atoms with van der Waals surface area (Å²) in [7, 11) is 0. The van der Waals surface area contributed by atoms with E-state index in [0.717, 1.165) is 22.4 Å². The molecule has 0 radical (unpaired) electrons. The lowest BCUT2D eigenvalue weighted by Crippen LogP contribution is -2.58. The highest BCUT2D eigenvalue weighted by molar-refractivity contribution is 5.88. The Morgan fingerprint density at radius 2 is 1.49 bits per heavy atom. The maximum atomic E-state index is 14.4. The van der Waals surface area contributed by atoms with Crippen molar-refractivity contribution in [2.75, 3.05) is 13.1 Å². The fraction of sp³-hybridized carbons (Fsp3) is 0.488. The van der Waals surface area contributed by atoms with Gasteiger partial charge in [0.05, 0.1) is 12.1 Å². The van der Waals surface area contributed by atoms with Crippen LogP contribution < -0.4 is 16.0 Å². The van der Waals surface area contributed by atoms with Crippen LogP contribution in [-0.4, -0.2) is 92.3 Å². The van der Waals surface area contributed by atoms with E-state index >= 15 is 0 Å². The highest BCUT2D eigenvalue weighted by Gasteiger charge is 2.41. The number of carboxylic acid groups (broad SMARTS) is 1. The molecule has 1 aliphatic heterocycles. The molecule has 1 aliphatic rings. The molecule has 5 amide bonds. The molecule has 6 atom stereocenters. The van der Waals surface area contributed by atoms with Crippen molar-refractivity contribution < 1.29 is 29.4 Å². The molecule has 2 aromatic carbocycles. The molecule has 286 valence electrons. The summed E-state index contributed by atoms with van der Waals surface area (Å²) >= 11 is 0. The zero-order chi connectivity index (χ0) is 38.7. The van der Waals surface area contributed by atoms with Gasteiger partial charge < -0.3 is 36.0 Å². The quantitative estimate of drug-likeness (QED) is 0.132. The van der Waals surface area contributed by atoms with Gasteiger partial charge >= 0.3 is 12.1 Å². The maximum Gasteiger partial charge on any atom is 0.405 e. The fourth-order valence-corrected chi connectivity index (χ4v) is 6.88. The van der Waals surface area contributed by atoms with Crippen LogP contribution in [0.1, 0.15) is 69.8 Å². The highest BCUT2D eigenvalue weighted by Crippen LogP contribution is 2.25. The molecule has 0 bridgehead atoms. The lowest BCUT2D eigenvalue weighted by Gasteiger charge is -2.35. The monoisotopic (exact) mass is 728 g/mol. The van der Waals surface area contributed by atoms with Crippen LogP contribution in [0.25, 0.3) is 0 Å². The van der Waals surface area contributed by atoms with Crippen molar-refractivity contribution in [2.24, 2.45) is 11.3 Å². The van der Waals surface area contributed by atoms with Gasteiger partial charge in [0.2, 0.25) is 11.8 Å². The van der Waals surface area contributed by atoms with Crippen LogP contribution in [0.3, 0.4) is 0 Å². The van der Waals surface area contributed by atoms with Gasteiger partial charge in [-0.2, -0.15) is 0 Å². The van der Waals surface area contributed by atoms with E-state index in [1.807, 2.05) is 93.6 Å². The van der Waals surface area contributed by atoms with Crippen molar-refractivity contribution in [3.63, 3.8) is 0 Å². The van der Waals surface area contributed by atoms with E-state index in [4.69, 9.17) is 0 Å². The van der Waals surface area contributed by atoms with Gasteiger partial charge in [-0.15, -0.1) is 0 Å². The number of aliphatic hydroxyl groups is 1. The molecule has 53 heavy (non-hydrogen) atoms. The number of benzene rings is 2. The second kappa shape index (κ2) is 18.7. The Morgan fingerprint density at radius 1 is 0.868 bits per heavy atom. The smallest absolute Gasteiger partial charge is 0.405 e. The summed E-state index contributed by atoms with van der Waals surface area (Å²) in [5.41, 5.74) is 2.87. The number of nitrogens with zero attached hydrogens (tertiary/aromatic N) is 3. The van der Waals surface area contributed by atoms with Crippen LogP contribution >= 0.6 is 0 Å². The van der Waals surface area contributed by atoms with Gasteiger partial charge in [-0.1, -0.05) is 108 Å². The van der Waals surface area contributed by atoms with Crippen LogP contribution in [0.5, 0.6) is 0 Å². The minimum atomic E-state index is -1.33. The Balaban J connectivity index is 1.59. The number of amides is 5. The summed E-state index contributed by atoms with van der Waals surface area (Å²) in [6, 6.07) is 19.5. The first-order valence-corrected chi connectivity index (χ1v) is 18.5. The number of aromatic nitrogens is 1.